The van der Waals surface area contributed by atoms with Gasteiger partial charge in [-0.05, 0) is 65.6 Å². The van der Waals surface area contributed by atoms with Crippen LogP contribution in [-0.2, 0) is 0 Å². The van der Waals surface area contributed by atoms with Crippen molar-refractivity contribution in [2.75, 3.05) is 20.1 Å². The summed E-state index contributed by atoms with van der Waals surface area (Å²) in [6, 6.07) is 1.37. The summed E-state index contributed by atoms with van der Waals surface area (Å²) in [4.78, 5) is 2.70. The van der Waals surface area contributed by atoms with E-state index in [1.54, 1.807) is 0 Å². The summed E-state index contributed by atoms with van der Waals surface area (Å²) in [5.41, 5.74) is 0. The Kier molecular flexibility index (Phi) is 6.37. The van der Waals surface area contributed by atoms with Crippen molar-refractivity contribution >= 4 is 0 Å². The zero-order valence-corrected chi connectivity index (χ0v) is 11.6. The second kappa shape index (κ2) is 7.29. The fourth-order valence-electron chi connectivity index (χ4n) is 2.82. The van der Waals surface area contributed by atoms with Crippen molar-refractivity contribution in [3.05, 3.63) is 0 Å². The zero-order valence-electron chi connectivity index (χ0n) is 11.6. The van der Waals surface area contributed by atoms with Gasteiger partial charge in [0.15, 0.2) is 0 Å². The minimum atomic E-state index is 0.639. The van der Waals surface area contributed by atoms with Gasteiger partial charge >= 0.3 is 0 Å². The number of nitrogens with zero attached hydrogens (tertiary/aromatic N) is 1. The largest absolute Gasteiger partial charge is 0.317 e. The van der Waals surface area contributed by atoms with E-state index in [0.29, 0.717) is 6.04 Å². The van der Waals surface area contributed by atoms with Gasteiger partial charge in [-0.25, -0.2) is 0 Å². The van der Waals surface area contributed by atoms with Gasteiger partial charge in [0.05, 0.1) is 0 Å². The van der Waals surface area contributed by atoms with Crippen LogP contribution in [0.1, 0.15) is 52.9 Å². The lowest BCUT2D eigenvalue weighted by Crippen LogP contribution is -2.38. The van der Waals surface area contributed by atoms with E-state index in [2.05, 4.69) is 38.0 Å². The summed E-state index contributed by atoms with van der Waals surface area (Å²) in [7, 11) is 2.06. The monoisotopic (exact) mass is 226 g/mol. The molecule has 0 aromatic carbocycles. The Bertz CT molecular complexity index is 182. The average molecular weight is 226 g/mol. The topological polar surface area (TPSA) is 15.3 Å². The average Bonchev–Trinajstić information content (AvgIpc) is 2.53. The summed E-state index contributed by atoms with van der Waals surface area (Å²) in [6.45, 7) is 9.64. The SMILES string of the molecule is CCC1CCCN(C(C)CC(C)NC)CC1. The number of hydrogen-bond acceptors (Lipinski definition) is 2. The molecule has 16 heavy (non-hydrogen) atoms. The molecular weight excluding hydrogens is 196 g/mol. The first-order valence-corrected chi connectivity index (χ1v) is 7.08. The van der Waals surface area contributed by atoms with Gasteiger partial charge in [0, 0.05) is 12.1 Å². The molecule has 0 bridgehead atoms. The molecule has 1 heterocycles. The molecule has 1 saturated heterocycles. The van der Waals surface area contributed by atoms with Crippen LogP contribution in [0.3, 0.4) is 0 Å². The van der Waals surface area contributed by atoms with Gasteiger partial charge < -0.3 is 10.2 Å². The lowest BCUT2D eigenvalue weighted by molar-refractivity contribution is 0.194. The van der Waals surface area contributed by atoms with Crippen molar-refractivity contribution < 1.29 is 0 Å². The summed E-state index contributed by atoms with van der Waals surface area (Å²) in [5, 5.41) is 3.34. The smallest absolute Gasteiger partial charge is 0.00816 e. The fourth-order valence-corrected chi connectivity index (χ4v) is 2.82. The molecule has 2 heteroatoms. The van der Waals surface area contributed by atoms with E-state index < -0.39 is 0 Å². The van der Waals surface area contributed by atoms with Crippen LogP contribution in [0, 0.1) is 5.92 Å². The molecule has 0 aromatic heterocycles. The van der Waals surface area contributed by atoms with E-state index in [1.165, 1.54) is 45.2 Å². The number of hydrogen-bond donors (Lipinski definition) is 1. The summed E-state index contributed by atoms with van der Waals surface area (Å²) in [5.74, 6) is 0.985. The van der Waals surface area contributed by atoms with Crippen molar-refractivity contribution in [3.63, 3.8) is 0 Å². The van der Waals surface area contributed by atoms with Crippen LogP contribution in [0.2, 0.25) is 0 Å². The predicted molar refractivity (Wildman–Crippen MR) is 71.8 cm³/mol. The lowest BCUT2D eigenvalue weighted by atomic mass is 9.98. The quantitative estimate of drug-likeness (QED) is 0.775. The Labute approximate surface area is 102 Å². The van der Waals surface area contributed by atoms with Gasteiger partial charge in [0.25, 0.3) is 0 Å². The fraction of sp³-hybridized carbons (Fsp3) is 1.00. The molecule has 0 aliphatic carbocycles. The first kappa shape index (κ1) is 14.0. The van der Waals surface area contributed by atoms with E-state index in [-0.39, 0.29) is 0 Å². The van der Waals surface area contributed by atoms with E-state index in [4.69, 9.17) is 0 Å². The van der Waals surface area contributed by atoms with Crippen LogP contribution in [0.5, 0.6) is 0 Å². The molecule has 1 N–H and O–H groups in total. The van der Waals surface area contributed by atoms with Gasteiger partial charge in [-0.1, -0.05) is 13.3 Å². The molecule has 0 amide bonds. The third-order valence-electron chi connectivity index (χ3n) is 4.27. The van der Waals surface area contributed by atoms with Crippen LogP contribution in [0.15, 0.2) is 0 Å². The second-order valence-electron chi connectivity index (χ2n) is 5.52. The standard InChI is InChI=1S/C14H30N2/c1-5-14-7-6-9-16(10-8-14)13(3)11-12(2)15-4/h12-15H,5-11H2,1-4H3. The molecule has 96 valence electrons. The maximum Gasteiger partial charge on any atom is 0.00816 e. The number of rotatable bonds is 5. The highest BCUT2D eigenvalue weighted by Gasteiger charge is 2.20. The number of likely N-dealkylation sites (tertiary alicyclic amines) is 1. The van der Waals surface area contributed by atoms with Gasteiger partial charge in [0.1, 0.15) is 0 Å². The zero-order chi connectivity index (χ0) is 12.0. The second-order valence-corrected chi connectivity index (χ2v) is 5.52. The van der Waals surface area contributed by atoms with E-state index in [0.717, 1.165) is 12.0 Å². The van der Waals surface area contributed by atoms with E-state index in [9.17, 15) is 0 Å². The minimum Gasteiger partial charge on any atom is -0.317 e. The molecule has 0 saturated carbocycles. The lowest BCUT2D eigenvalue weighted by Gasteiger charge is -2.29. The molecule has 1 fully saturated rings. The van der Waals surface area contributed by atoms with Crippen LogP contribution in [-0.4, -0.2) is 37.1 Å². The van der Waals surface area contributed by atoms with Gasteiger partial charge in [-0.3, -0.25) is 0 Å². The maximum absolute atomic E-state index is 3.34. The molecule has 1 aliphatic rings. The third kappa shape index (κ3) is 4.42. The van der Waals surface area contributed by atoms with Crippen molar-refractivity contribution in [3.8, 4) is 0 Å². The Balaban J connectivity index is 2.35. The van der Waals surface area contributed by atoms with Crippen LogP contribution >= 0.6 is 0 Å². The van der Waals surface area contributed by atoms with Gasteiger partial charge in [-0.2, -0.15) is 0 Å². The Morgan fingerprint density at radius 1 is 1.25 bits per heavy atom. The normalized spacial score (nSPS) is 27.4. The number of nitrogens with one attached hydrogen (secondary N) is 1. The molecule has 3 atom stereocenters. The summed E-state index contributed by atoms with van der Waals surface area (Å²) in [6.07, 6.45) is 6.90. The maximum atomic E-state index is 3.34. The Morgan fingerprint density at radius 3 is 2.62 bits per heavy atom. The van der Waals surface area contributed by atoms with Gasteiger partial charge in [0.2, 0.25) is 0 Å². The Morgan fingerprint density at radius 2 is 2.00 bits per heavy atom. The molecule has 1 aliphatic heterocycles. The minimum absolute atomic E-state index is 0.639. The van der Waals surface area contributed by atoms with Crippen LogP contribution < -0.4 is 5.32 Å². The molecule has 0 spiro atoms. The van der Waals surface area contributed by atoms with Crippen molar-refractivity contribution in [2.24, 2.45) is 5.92 Å². The highest BCUT2D eigenvalue weighted by molar-refractivity contribution is 4.76. The summed E-state index contributed by atoms with van der Waals surface area (Å²) >= 11 is 0. The molecule has 2 nitrogen and oxygen atoms in total. The van der Waals surface area contributed by atoms with Crippen LogP contribution in [0.4, 0.5) is 0 Å². The molecule has 0 aromatic rings. The molecule has 0 radical (unpaired) electrons. The van der Waals surface area contributed by atoms with Crippen molar-refractivity contribution in [2.45, 2.75) is 65.0 Å². The Hall–Kier alpha value is -0.0800. The molecule has 1 rings (SSSR count). The van der Waals surface area contributed by atoms with Gasteiger partial charge in [-0.15, -0.1) is 0 Å². The molecular formula is C14H30N2. The van der Waals surface area contributed by atoms with E-state index in [1.807, 2.05) is 0 Å². The van der Waals surface area contributed by atoms with Crippen molar-refractivity contribution in [1.82, 2.24) is 10.2 Å². The molecule has 3 unspecified atom stereocenters. The van der Waals surface area contributed by atoms with Crippen molar-refractivity contribution in [1.29, 1.82) is 0 Å². The summed E-state index contributed by atoms with van der Waals surface area (Å²) < 4.78 is 0. The first-order valence-electron chi connectivity index (χ1n) is 7.08. The third-order valence-corrected chi connectivity index (χ3v) is 4.27. The van der Waals surface area contributed by atoms with Crippen LogP contribution in [0.25, 0.3) is 0 Å². The van der Waals surface area contributed by atoms with E-state index >= 15 is 0 Å². The first-order chi connectivity index (χ1) is 7.67. The highest BCUT2D eigenvalue weighted by Crippen LogP contribution is 2.22. The predicted octanol–water partition coefficient (Wildman–Crippen LogP) is 2.89. The highest BCUT2D eigenvalue weighted by atomic mass is 15.2.